The first-order chi connectivity index (χ1) is 11.2. The normalized spacial score (nSPS) is 57.0. The van der Waals surface area contributed by atoms with Crippen molar-refractivity contribution in [3.63, 3.8) is 0 Å². The molecule has 0 N–H and O–H groups in total. The summed E-state index contributed by atoms with van der Waals surface area (Å²) in [6, 6.07) is -0.0163. The van der Waals surface area contributed by atoms with E-state index in [1.807, 2.05) is 6.92 Å². The molecule has 132 valence electrons. The molecule has 6 aliphatic rings. The number of carbonyl (C=O) groups excluding carboxylic acids is 2. The lowest BCUT2D eigenvalue weighted by molar-refractivity contribution is -0.852. The molecule has 24 heavy (non-hydrogen) atoms. The molecule has 6 atom stereocenters. The first-order valence-electron chi connectivity index (χ1n) is 9.31. The quantitative estimate of drug-likeness (QED) is 0.561. The van der Waals surface area contributed by atoms with Crippen molar-refractivity contribution in [2.75, 3.05) is 13.1 Å². The summed E-state index contributed by atoms with van der Waals surface area (Å²) in [6.45, 7) is 7.43. The van der Waals surface area contributed by atoms with Gasteiger partial charge in [0.2, 0.25) is 0 Å². The summed E-state index contributed by atoms with van der Waals surface area (Å²) in [5, 5.41) is 0. The molecule has 0 spiro atoms. The molecule has 7 heteroatoms. The molecule has 3 aliphatic heterocycles. The molecule has 6 fully saturated rings. The predicted octanol–water partition coefficient (Wildman–Crippen LogP) is 1.25. The summed E-state index contributed by atoms with van der Waals surface area (Å²) in [5.74, 6) is 1.27. The van der Waals surface area contributed by atoms with E-state index in [-0.39, 0.29) is 43.2 Å². The lowest BCUT2D eigenvalue weighted by Gasteiger charge is -2.66. The smallest absolute Gasteiger partial charge is 0.598 e. The van der Waals surface area contributed by atoms with Gasteiger partial charge in [0, 0.05) is 5.92 Å². The molecule has 3 saturated carbocycles. The second kappa shape index (κ2) is 4.18. The molecule has 0 unspecified atom stereocenters. The van der Waals surface area contributed by atoms with Gasteiger partial charge in [0.15, 0.2) is 0 Å². The van der Waals surface area contributed by atoms with Gasteiger partial charge < -0.3 is 18.4 Å². The largest absolute Gasteiger partial charge is 0.614 e. The van der Waals surface area contributed by atoms with Crippen LogP contribution in [-0.4, -0.2) is 54.3 Å². The van der Waals surface area contributed by atoms with E-state index in [4.69, 9.17) is 14.0 Å². The molecule has 0 aromatic heterocycles. The van der Waals surface area contributed by atoms with Gasteiger partial charge >= 0.3 is 18.6 Å². The van der Waals surface area contributed by atoms with E-state index in [9.17, 15) is 9.59 Å². The van der Waals surface area contributed by atoms with Crippen molar-refractivity contribution in [2.45, 2.75) is 58.7 Å². The highest BCUT2D eigenvalue weighted by Crippen LogP contribution is 2.64. The topological polar surface area (TPSA) is 65.1 Å². The van der Waals surface area contributed by atoms with E-state index in [1.54, 1.807) is 0 Å². The Bertz CT molecular complexity index is 629. The first kappa shape index (κ1) is 15.2. The monoisotopic (exact) mass is 335 g/mol. The summed E-state index contributed by atoms with van der Waals surface area (Å²) < 4.78 is 17.6. The highest BCUT2D eigenvalue weighted by Gasteiger charge is 2.79. The van der Waals surface area contributed by atoms with Crippen LogP contribution in [0.4, 0.5) is 0 Å². The molecule has 0 aromatic carbocycles. The van der Waals surface area contributed by atoms with Crippen LogP contribution in [0.5, 0.6) is 0 Å². The van der Waals surface area contributed by atoms with Crippen LogP contribution in [0.15, 0.2) is 0 Å². The van der Waals surface area contributed by atoms with Crippen LogP contribution in [0.1, 0.15) is 40.5 Å². The van der Waals surface area contributed by atoms with Gasteiger partial charge in [-0.1, -0.05) is 20.8 Å². The molecule has 2 bridgehead atoms. The fourth-order valence-corrected chi connectivity index (χ4v) is 6.85. The second-order valence-electron chi connectivity index (χ2n) is 9.46. The minimum atomic E-state index is -2.06. The fourth-order valence-electron chi connectivity index (χ4n) is 6.85. The van der Waals surface area contributed by atoms with Crippen LogP contribution in [-0.2, 0) is 23.6 Å². The molecular weight excluding hydrogens is 309 g/mol. The zero-order chi connectivity index (χ0) is 17.1. The Balaban J connectivity index is 1.58. The van der Waals surface area contributed by atoms with Crippen LogP contribution in [0.25, 0.3) is 0 Å². The summed E-state index contributed by atoms with van der Waals surface area (Å²) in [4.78, 5) is 24.6. The maximum Gasteiger partial charge on any atom is 0.614 e. The Morgan fingerprint density at radius 2 is 1.67 bits per heavy atom. The minimum absolute atomic E-state index is 0.0100. The summed E-state index contributed by atoms with van der Waals surface area (Å²) in [7, 11) is 0. The minimum Gasteiger partial charge on any atom is -0.598 e. The Morgan fingerprint density at radius 3 is 2.12 bits per heavy atom. The van der Waals surface area contributed by atoms with Crippen molar-refractivity contribution in [2.24, 2.45) is 23.2 Å². The summed E-state index contributed by atoms with van der Waals surface area (Å²) >= 11 is 0. The van der Waals surface area contributed by atoms with Gasteiger partial charge in [-0.05, 0) is 37.0 Å². The highest BCUT2D eigenvalue weighted by molar-refractivity contribution is 6.68. The predicted molar refractivity (Wildman–Crippen MR) is 85.2 cm³/mol. The van der Waals surface area contributed by atoms with Gasteiger partial charge in [-0.25, -0.2) is 0 Å². The van der Waals surface area contributed by atoms with Gasteiger partial charge in [-0.2, -0.15) is 0 Å². The molecule has 6 nitrogen and oxygen atoms in total. The van der Waals surface area contributed by atoms with Crippen molar-refractivity contribution in [3.05, 3.63) is 0 Å². The van der Waals surface area contributed by atoms with Crippen molar-refractivity contribution in [1.29, 1.82) is 0 Å². The van der Waals surface area contributed by atoms with Gasteiger partial charge in [-0.15, -0.1) is 0 Å². The number of epoxide rings is 1. The van der Waals surface area contributed by atoms with Crippen LogP contribution in [0, 0.1) is 23.2 Å². The number of hydrogen-bond donors (Lipinski definition) is 0. The highest BCUT2D eigenvalue weighted by atomic mass is 16.7. The molecule has 0 radical (unpaired) electrons. The maximum atomic E-state index is 12.3. The van der Waals surface area contributed by atoms with E-state index in [2.05, 4.69) is 20.8 Å². The zero-order valence-electron chi connectivity index (χ0n) is 14.9. The number of carbonyl (C=O) groups is 2. The fraction of sp³-hybridized carbons (Fsp3) is 0.882. The van der Waals surface area contributed by atoms with Crippen LogP contribution < -0.4 is 0 Å². The molecule has 3 saturated heterocycles. The number of ether oxygens (including phenoxy) is 1. The van der Waals surface area contributed by atoms with Gasteiger partial charge in [0.25, 0.3) is 0 Å². The van der Waals surface area contributed by atoms with Crippen LogP contribution >= 0.6 is 0 Å². The maximum absolute atomic E-state index is 12.3. The third-order valence-electron chi connectivity index (χ3n) is 8.31. The van der Waals surface area contributed by atoms with E-state index in [1.165, 1.54) is 6.42 Å². The number of rotatable bonds is 2. The Hall–Kier alpha value is -1.08. The Kier molecular flexibility index (Phi) is 2.65. The third kappa shape index (κ3) is 1.52. The molecular formula is C17H26BNO5. The average Bonchev–Trinajstić information content (AvgIpc) is 3.06. The van der Waals surface area contributed by atoms with Crippen molar-refractivity contribution in [3.8, 4) is 0 Å². The number of hydrogen-bond acceptors (Lipinski definition) is 5. The molecule has 0 aromatic rings. The van der Waals surface area contributed by atoms with E-state index in [0.717, 1.165) is 6.42 Å². The SMILES string of the molecule is C[C@@H]1[C@H]2C[C@@H](C[C@H]1[N+]13CC(=O)O[B-]1([C@@H]1O[C@H]1C)OC(=O)C3)C2(C)C. The standard InChI is InChI=1S/C17H26BNO5/c1-9-12-5-11(17(12,3)4)6-13(9)19-7-14(20)23-18(19,16-10(2)22-16)24-15(21)8-19/h9-13,16H,5-8H2,1-4H3/t9-,10+,11+,12-,13-,16-,18?,19?/m1/s1. The number of quaternary nitrogens is 1. The summed E-state index contributed by atoms with van der Waals surface area (Å²) in [6.07, 6.45) is 2.30. The van der Waals surface area contributed by atoms with E-state index >= 15 is 0 Å². The van der Waals surface area contributed by atoms with Gasteiger partial charge in [-0.3, -0.25) is 9.59 Å². The first-order valence-corrected chi connectivity index (χ1v) is 9.31. The number of nitrogens with zero attached hydrogens (tertiary/aromatic N) is 1. The molecule has 0 amide bonds. The second-order valence-corrected chi connectivity index (χ2v) is 9.46. The Morgan fingerprint density at radius 1 is 1.08 bits per heavy atom. The van der Waals surface area contributed by atoms with Crippen molar-refractivity contribution < 1.29 is 28.0 Å². The Labute approximate surface area is 142 Å². The van der Waals surface area contributed by atoms with Gasteiger partial charge in [0.05, 0.1) is 12.1 Å². The lowest BCUT2D eigenvalue weighted by atomic mass is 9.43. The molecule has 3 aliphatic carbocycles. The van der Waals surface area contributed by atoms with Crippen LogP contribution in [0.3, 0.4) is 0 Å². The van der Waals surface area contributed by atoms with Crippen molar-refractivity contribution >= 4 is 18.6 Å². The number of fused-ring (bicyclic) bond motifs is 4. The van der Waals surface area contributed by atoms with E-state index < -0.39 is 6.69 Å². The van der Waals surface area contributed by atoms with Crippen molar-refractivity contribution in [1.82, 2.24) is 0 Å². The third-order valence-corrected chi connectivity index (χ3v) is 8.31. The summed E-state index contributed by atoms with van der Waals surface area (Å²) in [5.41, 5.74) is 0.364. The van der Waals surface area contributed by atoms with E-state index in [0.29, 0.717) is 27.6 Å². The lowest BCUT2D eigenvalue weighted by Crippen LogP contribution is -2.75. The van der Waals surface area contributed by atoms with Crippen LogP contribution in [0.2, 0.25) is 0 Å². The van der Waals surface area contributed by atoms with Gasteiger partial charge in [0.1, 0.15) is 19.1 Å². The molecule has 6 rings (SSSR count). The average molecular weight is 335 g/mol. The molecule has 3 heterocycles. The zero-order valence-corrected chi connectivity index (χ0v) is 14.9.